The van der Waals surface area contributed by atoms with E-state index in [1.807, 2.05) is 0 Å². The summed E-state index contributed by atoms with van der Waals surface area (Å²) in [7, 11) is 0. The summed E-state index contributed by atoms with van der Waals surface area (Å²) in [6.45, 7) is 9.18. The molecule has 16 heavy (non-hydrogen) atoms. The van der Waals surface area contributed by atoms with E-state index < -0.39 is 0 Å². The Morgan fingerprint density at radius 3 is 2.56 bits per heavy atom. The fourth-order valence-electron chi connectivity index (χ4n) is 2.40. The first-order chi connectivity index (χ1) is 7.63. The van der Waals surface area contributed by atoms with Crippen LogP contribution < -0.4 is 0 Å². The smallest absolute Gasteiger partial charge is 0.00880 e. The number of benzene rings is 1. The minimum absolute atomic E-state index is 0.633. The molecule has 86 valence electrons. The van der Waals surface area contributed by atoms with Crippen molar-refractivity contribution >= 4 is 6.08 Å². The van der Waals surface area contributed by atoms with Crippen LogP contribution in [0.4, 0.5) is 0 Å². The third kappa shape index (κ3) is 1.93. The van der Waals surface area contributed by atoms with Crippen molar-refractivity contribution in [2.45, 2.75) is 52.4 Å². The summed E-state index contributed by atoms with van der Waals surface area (Å²) < 4.78 is 0. The molecule has 0 aliphatic heterocycles. The second kappa shape index (κ2) is 4.45. The summed E-state index contributed by atoms with van der Waals surface area (Å²) in [6, 6.07) is 4.82. The maximum absolute atomic E-state index is 2.42. The maximum Gasteiger partial charge on any atom is -0.00880 e. The van der Waals surface area contributed by atoms with Crippen molar-refractivity contribution in [2.24, 2.45) is 0 Å². The fraction of sp³-hybridized carbons (Fsp3) is 0.500. The van der Waals surface area contributed by atoms with E-state index in [4.69, 9.17) is 0 Å². The van der Waals surface area contributed by atoms with Crippen LogP contribution in [0.3, 0.4) is 0 Å². The second-order valence-electron chi connectivity index (χ2n) is 5.25. The number of hydrogen-bond acceptors (Lipinski definition) is 0. The first kappa shape index (κ1) is 11.4. The lowest BCUT2D eigenvalue weighted by Crippen LogP contribution is -2.00. The molecule has 1 unspecified atom stereocenters. The molecular weight excluding hydrogens is 192 g/mol. The molecule has 1 atom stereocenters. The van der Waals surface area contributed by atoms with Crippen LogP contribution in [0.5, 0.6) is 0 Å². The van der Waals surface area contributed by atoms with Gasteiger partial charge in [0.1, 0.15) is 0 Å². The number of rotatable bonds is 3. The van der Waals surface area contributed by atoms with Gasteiger partial charge in [0.25, 0.3) is 0 Å². The van der Waals surface area contributed by atoms with Crippen LogP contribution in [0.2, 0.25) is 0 Å². The zero-order valence-electron chi connectivity index (χ0n) is 10.9. The van der Waals surface area contributed by atoms with Gasteiger partial charge >= 0.3 is 0 Å². The highest BCUT2D eigenvalue weighted by Gasteiger charge is 2.16. The van der Waals surface area contributed by atoms with Gasteiger partial charge in [-0.2, -0.15) is 0 Å². The van der Waals surface area contributed by atoms with E-state index in [1.54, 1.807) is 5.56 Å². The topological polar surface area (TPSA) is 0 Å². The Hall–Kier alpha value is -1.04. The molecule has 0 spiro atoms. The molecule has 2 rings (SSSR count). The first-order valence-electron chi connectivity index (χ1n) is 6.46. The molecule has 0 N–H and O–H groups in total. The minimum Gasteiger partial charge on any atom is -0.0795 e. The first-order valence-corrected chi connectivity index (χ1v) is 6.46. The Morgan fingerprint density at radius 1 is 1.19 bits per heavy atom. The predicted molar refractivity (Wildman–Crippen MR) is 72.0 cm³/mol. The summed E-state index contributed by atoms with van der Waals surface area (Å²) in [5, 5.41) is 0. The highest BCUT2D eigenvalue weighted by molar-refractivity contribution is 5.65. The van der Waals surface area contributed by atoms with E-state index in [2.05, 4.69) is 52.0 Å². The van der Waals surface area contributed by atoms with Crippen molar-refractivity contribution in [1.82, 2.24) is 0 Å². The standard InChI is InChI=1S/C16H22/c1-5-12(4)16-10-14(11(2)3)9-13-7-6-8-15(13)16/h6,8-12H,5,7H2,1-4H3. The Labute approximate surface area is 99.4 Å². The lowest BCUT2D eigenvalue weighted by Gasteiger charge is -2.17. The SMILES string of the molecule is CCC(C)c1cc(C(C)C)cc2c1C=CC2. The molecule has 0 radical (unpaired) electrons. The average molecular weight is 214 g/mol. The Balaban J connectivity index is 2.52. The molecule has 1 aromatic rings. The molecule has 0 nitrogen and oxygen atoms in total. The molecule has 0 aromatic heterocycles. The van der Waals surface area contributed by atoms with Crippen LogP contribution >= 0.6 is 0 Å². The van der Waals surface area contributed by atoms with Crippen molar-refractivity contribution in [2.75, 3.05) is 0 Å². The Morgan fingerprint density at radius 2 is 1.94 bits per heavy atom. The summed E-state index contributed by atoms with van der Waals surface area (Å²) in [6.07, 6.45) is 6.95. The summed E-state index contributed by atoms with van der Waals surface area (Å²) in [4.78, 5) is 0. The zero-order chi connectivity index (χ0) is 11.7. The molecular formula is C16H22. The van der Waals surface area contributed by atoms with E-state index in [1.165, 1.54) is 23.1 Å². The van der Waals surface area contributed by atoms with Gasteiger partial charge < -0.3 is 0 Å². The molecule has 0 heterocycles. The van der Waals surface area contributed by atoms with Gasteiger partial charge in [0, 0.05) is 0 Å². The van der Waals surface area contributed by atoms with E-state index in [-0.39, 0.29) is 0 Å². The molecule has 1 aliphatic carbocycles. The molecule has 0 heteroatoms. The highest BCUT2D eigenvalue weighted by atomic mass is 14.2. The quantitative estimate of drug-likeness (QED) is 0.672. The van der Waals surface area contributed by atoms with Crippen molar-refractivity contribution in [1.29, 1.82) is 0 Å². The van der Waals surface area contributed by atoms with Crippen LogP contribution in [-0.4, -0.2) is 0 Å². The van der Waals surface area contributed by atoms with Crippen LogP contribution in [0, 0.1) is 0 Å². The largest absolute Gasteiger partial charge is 0.0795 e. The minimum atomic E-state index is 0.633. The lowest BCUT2D eigenvalue weighted by molar-refractivity contribution is 0.726. The van der Waals surface area contributed by atoms with Crippen LogP contribution in [-0.2, 0) is 6.42 Å². The van der Waals surface area contributed by atoms with Crippen molar-refractivity contribution in [3.63, 3.8) is 0 Å². The van der Waals surface area contributed by atoms with Gasteiger partial charge in [-0.3, -0.25) is 0 Å². The number of fused-ring (bicyclic) bond motifs is 1. The molecule has 0 amide bonds. The lowest BCUT2D eigenvalue weighted by atomic mass is 9.87. The highest BCUT2D eigenvalue weighted by Crippen LogP contribution is 2.33. The molecule has 1 aliphatic rings. The van der Waals surface area contributed by atoms with Gasteiger partial charge in [-0.1, -0.05) is 52.0 Å². The predicted octanol–water partition coefficient (Wildman–Crippen LogP) is 4.89. The summed E-state index contributed by atoms with van der Waals surface area (Å²) in [5.41, 5.74) is 6.08. The van der Waals surface area contributed by atoms with E-state index in [9.17, 15) is 0 Å². The second-order valence-corrected chi connectivity index (χ2v) is 5.25. The van der Waals surface area contributed by atoms with Crippen molar-refractivity contribution in [3.05, 3.63) is 40.5 Å². The number of hydrogen-bond donors (Lipinski definition) is 0. The summed E-state index contributed by atoms with van der Waals surface area (Å²) in [5.74, 6) is 1.31. The monoisotopic (exact) mass is 214 g/mol. The van der Waals surface area contributed by atoms with Crippen LogP contribution in [0.25, 0.3) is 6.08 Å². The summed E-state index contributed by atoms with van der Waals surface area (Å²) >= 11 is 0. The van der Waals surface area contributed by atoms with Crippen LogP contribution in [0.1, 0.15) is 68.2 Å². The van der Waals surface area contributed by atoms with Crippen molar-refractivity contribution < 1.29 is 0 Å². The molecule has 0 saturated heterocycles. The zero-order valence-corrected chi connectivity index (χ0v) is 10.9. The molecule has 0 bridgehead atoms. The van der Waals surface area contributed by atoms with Gasteiger partial charge in [-0.25, -0.2) is 0 Å². The Kier molecular flexibility index (Phi) is 3.18. The maximum atomic E-state index is 2.42. The van der Waals surface area contributed by atoms with Crippen LogP contribution in [0.15, 0.2) is 18.2 Å². The molecule has 1 aromatic carbocycles. The third-order valence-corrected chi connectivity index (χ3v) is 3.75. The Bertz CT molecular complexity index is 410. The van der Waals surface area contributed by atoms with Crippen molar-refractivity contribution in [3.8, 4) is 0 Å². The van der Waals surface area contributed by atoms with Gasteiger partial charge in [-0.15, -0.1) is 0 Å². The average Bonchev–Trinajstić information content (AvgIpc) is 2.74. The van der Waals surface area contributed by atoms with Gasteiger partial charge in [0.15, 0.2) is 0 Å². The van der Waals surface area contributed by atoms with E-state index in [0.717, 1.165) is 6.42 Å². The normalized spacial score (nSPS) is 15.6. The van der Waals surface area contributed by atoms with Gasteiger partial charge in [0.2, 0.25) is 0 Å². The number of allylic oxidation sites excluding steroid dienone is 1. The third-order valence-electron chi connectivity index (χ3n) is 3.75. The molecule has 0 saturated carbocycles. The van der Waals surface area contributed by atoms with E-state index >= 15 is 0 Å². The van der Waals surface area contributed by atoms with Gasteiger partial charge in [0.05, 0.1) is 0 Å². The fourth-order valence-corrected chi connectivity index (χ4v) is 2.40. The van der Waals surface area contributed by atoms with E-state index in [0.29, 0.717) is 11.8 Å². The molecule has 0 fully saturated rings. The van der Waals surface area contributed by atoms with Gasteiger partial charge in [-0.05, 0) is 46.9 Å².